The third-order valence-corrected chi connectivity index (χ3v) is 4.17. The Morgan fingerprint density at radius 2 is 2.28 bits per heavy atom. The van der Waals surface area contributed by atoms with Gasteiger partial charge >= 0.3 is 0 Å². The fourth-order valence-electron chi connectivity index (χ4n) is 2.88. The first kappa shape index (κ1) is 12.1. The normalized spacial score (nSPS) is 23.8. The molecule has 1 aromatic heterocycles. The van der Waals surface area contributed by atoms with E-state index in [0.717, 1.165) is 12.6 Å². The number of hydrogen-bond acceptors (Lipinski definition) is 3. The molecule has 0 amide bonds. The summed E-state index contributed by atoms with van der Waals surface area (Å²) in [5.41, 5.74) is 2.57. The minimum absolute atomic E-state index is 0.711. The molecule has 1 saturated carbocycles. The van der Waals surface area contributed by atoms with E-state index in [4.69, 9.17) is 0 Å². The van der Waals surface area contributed by atoms with Gasteiger partial charge < -0.3 is 5.32 Å². The van der Waals surface area contributed by atoms with Crippen LogP contribution in [0.4, 0.5) is 0 Å². The predicted molar refractivity (Wildman–Crippen MR) is 73.4 cm³/mol. The van der Waals surface area contributed by atoms with Crippen LogP contribution in [0.15, 0.2) is 18.3 Å². The number of aryl methyl sites for hydroxylation is 1. The maximum Gasteiger partial charge on any atom is 0.0417 e. The quantitative estimate of drug-likeness (QED) is 0.861. The molecule has 0 spiro atoms. The van der Waals surface area contributed by atoms with Crippen molar-refractivity contribution >= 4 is 0 Å². The van der Waals surface area contributed by atoms with Crippen molar-refractivity contribution in [1.82, 2.24) is 15.2 Å². The van der Waals surface area contributed by atoms with Crippen LogP contribution in [0.1, 0.15) is 36.9 Å². The van der Waals surface area contributed by atoms with E-state index >= 15 is 0 Å². The van der Waals surface area contributed by atoms with Gasteiger partial charge in [-0.2, -0.15) is 0 Å². The Morgan fingerprint density at radius 1 is 1.39 bits per heavy atom. The van der Waals surface area contributed by atoms with Crippen LogP contribution in [-0.2, 0) is 6.54 Å². The number of rotatable bonds is 5. The lowest BCUT2D eigenvalue weighted by Crippen LogP contribution is -2.38. The molecule has 1 aromatic rings. The molecule has 1 N–H and O–H groups in total. The summed E-state index contributed by atoms with van der Waals surface area (Å²) in [5.74, 6) is 0. The topological polar surface area (TPSA) is 28.2 Å². The average Bonchev–Trinajstić information content (AvgIpc) is 3.10. The highest BCUT2D eigenvalue weighted by Crippen LogP contribution is 2.29. The highest BCUT2D eigenvalue weighted by atomic mass is 15.2. The Hall–Kier alpha value is -0.930. The van der Waals surface area contributed by atoms with Crippen molar-refractivity contribution in [2.24, 2.45) is 0 Å². The van der Waals surface area contributed by atoms with Crippen LogP contribution in [0.2, 0.25) is 0 Å². The minimum atomic E-state index is 0.711. The van der Waals surface area contributed by atoms with E-state index in [1.807, 2.05) is 6.20 Å². The Morgan fingerprint density at radius 3 is 2.94 bits per heavy atom. The molecule has 1 aliphatic heterocycles. The van der Waals surface area contributed by atoms with Crippen molar-refractivity contribution < 1.29 is 0 Å². The largest absolute Gasteiger partial charge is 0.313 e. The summed E-state index contributed by atoms with van der Waals surface area (Å²) in [6.07, 6.45) is 7.33. The Kier molecular flexibility index (Phi) is 3.62. The van der Waals surface area contributed by atoms with Gasteiger partial charge in [-0.3, -0.25) is 9.88 Å². The zero-order valence-corrected chi connectivity index (χ0v) is 11.2. The first-order chi connectivity index (χ1) is 8.83. The number of nitrogens with zero attached hydrogens (tertiary/aromatic N) is 2. The first-order valence-electron chi connectivity index (χ1n) is 7.21. The molecule has 1 atom stereocenters. The molecule has 3 rings (SSSR count). The molecule has 2 fully saturated rings. The fourth-order valence-corrected chi connectivity index (χ4v) is 2.88. The van der Waals surface area contributed by atoms with E-state index in [2.05, 4.69) is 34.3 Å². The molecule has 3 heteroatoms. The van der Waals surface area contributed by atoms with Crippen molar-refractivity contribution in [3.8, 4) is 0 Å². The molecular formula is C15H23N3. The number of nitrogens with one attached hydrogen (secondary N) is 1. The zero-order chi connectivity index (χ0) is 12.4. The van der Waals surface area contributed by atoms with Crippen LogP contribution in [0.5, 0.6) is 0 Å². The summed E-state index contributed by atoms with van der Waals surface area (Å²) in [6, 6.07) is 5.82. The lowest BCUT2D eigenvalue weighted by atomic mass is 10.1. The van der Waals surface area contributed by atoms with Gasteiger partial charge in [0.2, 0.25) is 0 Å². The minimum Gasteiger partial charge on any atom is -0.313 e. The van der Waals surface area contributed by atoms with Gasteiger partial charge in [0, 0.05) is 37.1 Å². The molecule has 0 aromatic carbocycles. The Labute approximate surface area is 110 Å². The van der Waals surface area contributed by atoms with Crippen LogP contribution in [0, 0.1) is 6.92 Å². The smallest absolute Gasteiger partial charge is 0.0417 e. The molecule has 0 radical (unpaired) electrons. The van der Waals surface area contributed by atoms with Crippen LogP contribution in [0.3, 0.4) is 0 Å². The first-order valence-corrected chi connectivity index (χ1v) is 7.21. The third kappa shape index (κ3) is 2.90. The summed E-state index contributed by atoms with van der Waals surface area (Å²) >= 11 is 0. The van der Waals surface area contributed by atoms with Gasteiger partial charge in [0.25, 0.3) is 0 Å². The van der Waals surface area contributed by atoms with Crippen molar-refractivity contribution in [3.63, 3.8) is 0 Å². The number of hydrogen-bond donors (Lipinski definition) is 1. The summed E-state index contributed by atoms with van der Waals surface area (Å²) in [5, 5.41) is 3.61. The zero-order valence-electron chi connectivity index (χ0n) is 11.2. The Balaban J connectivity index is 1.64. The van der Waals surface area contributed by atoms with Crippen molar-refractivity contribution in [1.29, 1.82) is 0 Å². The van der Waals surface area contributed by atoms with E-state index in [0.29, 0.717) is 6.04 Å². The van der Waals surface area contributed by atoms with Crippen LogP contribution >= 0.6 is 0 Å². The van der Waals surface area contributed by atoms with E-state index in [-0.39, 0.29) is 0 Å². The van der Waals surface area contributed by atoms with Gasteiger partial charge in [-0.05, 0) is 50.8 Å². The second kappa shape index (κ2) is 5.37. The lowest BCUT2D eigenvalue weighted by molar-refractivity contribution is 0.230. The second-order valence-electron chi connectivity index (χ2n) is 5.70. The second-order valence-corrected chi connectivity index (χ2v) is 5.70. The van der Waals surface area contributed by atoms with Gasteiger partial charge in [0.05, 0.1) is 0 Å². The molecule has 98 valence electrons. The van der Waals surface area contributed by atoms with Gasteiger partial charge in [-0.1, -0.05) is 6.07 Å². The van der Waals surface area contributed by atoms with E-state index in [9.17, 15) is 0 Å². The number of aromatic nitrogens is 1. The Bertz CT molecular complexity index is 394. The summed E-state index contributed by atoms with van der Waals surface area (Å²) in [6.45, 7) is 5.60. The van der Waals surface area contributed by atoms with Gasteiger partial charge in [-0.15, -0.1) is 0 Å². The molecule has 2 heterocycles. The van der Waals surface area contributed by atoms with Crippen molar-refractivity contribution in [2.45, 2.75) is 51.2 Å². The van der Waals surface area contributed by atoms with Gasteiger partial charge in [0.1, 0.15) is 0 Å². The van der Waals surface area contributed by atoms with Gasteiger partial charge in [-0.25, -0.2) is 0 Å². The standard InChI is InChI=1S/C15H23N3/c1-12-13(4-2-8-16-12)10-18(15-6-7-15)11-14-5-3-9-17-14/h2,4,8,14-15,17H,3,5-7,9-11H2,1H3. The van der Waals surface area contributed by atoms with Crippen LogP contribution < -0.4 is 5.32 Å². The maximum atomic E-state index is 4.40. The predicted octanol–water partition coefficient (Wildman–Crippen LogP) is 2.11. The van der Waals surface area contributed by atoms with Gasteiger partial charge in [0.15, 0.2) is 0 Å². The fraction of sp³-hybridized carbons (Fsp3) is 0.667. The molecular weight excluding hydrogens is 222 g/mol. The summed E-state index contributed by atoms with van der Waals surface area (Å²) < 4.78 is 0. The van der Waals surface area contributed by atoms with E-state index in [1.165, 1.54) is 50.0 Å². The molecule has 1 unspecified atom stereocenters. The summed E-state index contributed by atoms with van der Waals surface area (Å²) in [4.78, 5) is 7.06. The SMILES string of the molecule is Cc1ncccc1CN(CC1CCCN1)C1CC1. The molecule has 3 nitrogen and oxygen atoms in total. The van der Waals surface area contributed by atoms with Crippen LogP contribution in [0.25, 0.3) is 0 Å². The maximum absolute atomic E-state index is 4.40. The molecule has 2 aliphatic rings. The molecule has 1 saturated heterocycles. The molecule has 1 aliphatic carbocycles. The molecule has 18 heavy (non-hydrogen) atoms. The van der Waals surface area contributed by atoms with Crippen molar-refractivity contribution in [3.05, 3.63) is 29.6 Å². The highest BCUT2D eigenvalue weighted by Gasteiger charge is 2.31. The third-order valence-electron chi connectivity index (χ3n) is 4.17. The number of pyridine rings is 1. The summed E-state index contributed by atoms with van der Waals surface area (Å²) in [7, 11) is 0. The molecule has 0 bridgehead atoms. The van der Waals surface area contributed by atoms with Crippen LogP contribution in [-0.4, -0.2) is 35.1 Å². The van der Waals surface area contributed by atoms with Crippen molar-refractivity contribution in [2.75, 3.05) is 13.1 Å². The lowest BCUT2D eigenvalue weighted by Gasteiger charge is -2.26. The average molecular weight is 245 g/mol. The highest BCUT2D eigenvalue weighted by molar-refractivity contribution is 5.18. The monoisotopic (exact) mass is 245 g/mol. The van der Waals surface area contributed by atoms with E-state index in [1.54, 1.807) is 0 Å². The van der Waals surface area contributed by atoms with E-state index < -0.39 is 0 Å².